The molecule has 2 nitrogen and oxygen atoms in total. The Balaban J connectivity index is 1.56. The molecule has 2 aliphatic rings. The number of alkyl halides is 3. The Bertz CT molecular complexity index is 807. The minimum atomic E-state index is -4.30. The molecule has 1 saturated carbocycles. The second kappa shape index (κ2) is 8.49. The number of rotatable bonds is 5. The minimum Gasteiger partial charge on any atom is -0.370 e. The normalized spacial score (nSPS) is 27.2. The molecule has 156 valence electrons. The van der Waals surface area contributed by atoms with E-state index >= 15 is 0 Å². The van der Waals surface area contributed by atoms with Crippen molar-refractivity contribution >= 4 is 0 Å². The van der Waals surface area contributed by atoms with Crippen LogP contribution < -0.4 is 0 Å². The van der Waals surface area contributed by atoms with Crippen LogP contribution in [0.3, 0.4) is 0 Å². The van der Waals surface area contributed by atoms with Crippen molar-refractivity contribution in [2.75, 3.05) is 6.54 Å². The molecule has 2 fully saturated rings. The number of hydrogen-bond donors (Lipinski definition) is 0. The fraction of sp³-hybridized carbons (Fsp3) is 0.500. The molecule has 0 N–H and O–H groups in total. The van der Waals surface area contributed by atoms with Gasteiger partial charge in [0.15, 0.2) is 0 Å². The first-order chi connectivity index (χ1) is 14.0. The third kappa shape index (κ3) is 4.51. The van der Waals surface area contributed by atoms with E-state index in [1.165, 1.54) is 17.7 Å². The Morgan fingerprint density at radius 2 is 1.83 bits per heavy atom. The molecule has 5 heteroatoms. The zero-order chi connectivity index (χ0) is 20.4. The largest absolute Gasteiger partial charge is 0.416 e. The van der Waals surface area contributed by atoms with Gasteiger partial charge in [0.05, 0.1) is 17.8 Å². The van der Waals surface area contributed by atoms with Crippen molar-refractivity contribution in [3.8, 4) is 0 Å². The van der Waals surface area contributed by atoms with Crippen molar-refractivity contribution < 1.29 is 17.9 Å². The molecule has 1 heterocycles. The molecular formula is C24H28F3NO. The summed E-state index contributed by atoms with van der Waals surface area (Å²) in [4.78, 5) is 2.36. The fourth-order valence-corrected chi connectivity index (χ4v) is 5.07. The number of halogens is 3. The lowest BCUT2D eigenvalue weighted by Gasteiger charge is -2.44. The molecule has 0 bridgehead atoms. The van der Waals surface area contributed by atoms with E-state index < -0.39 is 11.7 Å². The monoisotopic (exact) mass is 403 g/mol. The molecule has 4 atom stereocenters. The number of ether oxygens (including phenoxy) is 1. The third-order valence-electron chi connectivity index (χ3n) is 6.48. The molecule has 1 aliphatic carbocycles. The van der Waals surface area contributed by atoms with E-state index in [9.17, 15) is 13.2 Å². The maximum absolute atomic E-state index is 13.1. The van der Waals surface area contributed by atoms with Crippen molar-refractivity contribution in [3.05, 3.63) is 71.3 Å². The number of hydrogen-bond acceptors (Lipinski definition) is 2. The summed E-state index contributed by atoms with van der Waals surface area (Å²) in [6, 6.07) is 16.4. The van der Waals surface area contributed by atoms with Gasteiger partial charge in [-0.05, 0) is 43.0 Å². The first kappa shape index (κ1) is 20.4. The lowest BCUT2D eigenvalue weighted by atomic mass is 9.85. The maximum atomic E-state index is 13.1. The van der Waals surface area contributed by atoms with Crippen LogP contribution in [0.5, 0.6) is 0 Å². The van der Waals surface area contributed by atoms with E-state index in [0.29, 0.717) is 18.5 Å². The fourth-order valence-electron chi connectivity index (χ4n) is 5.07. The van der Waals surface area contributed by atoms with Crippen LogP contribution in [0.15, 0.2) is 54.6 Å². The Kier molecular flexibility index (Phi) is 5.98. The number of fused-ring (bicyclic) bond motifs is 1. The van der Waals surface area contributed by atoms with E-state index in [1.807, 2.05) is 18.2 Å². The Hall–Kier alpha value is -1.85. The molecule has 1 aliphatic heterocycles. The SMILES string of the molecule is CCN(Cc1cccc(C(F)(F)F)c1)[C@H]1C[C@@H](c2ccccc2)O[C@H]2CCC[C@@H]21. The van der Waals surface area contributed by atoms with Gasteiger partial charge >= 0.3 is 6.18 Å². The van der Waals surface area contributed by atoms with Crippen LogP contribution in [0.25, 0.3) is 0 Å². The summed E-state index contributed by atoms with van der Waals surface area (Å²) in [6.07, 6.45) is 0.250. The maximum Gasteiger partial charge on any atom is 0.416 e. The van der Waals surface area contributed by atoms with Gasteiger partial charge in [0.2, 0.25) is 0 Å². The predicted molar refractivity (Wildman–Crippen MR) is 107 cm³/mol. The average Bonchev–Trinajstić information content (AvgIpc) is 3.20. The van der Waals surface area contributed by atoms with Crippen molar-refractivity contribution in [3.63, 3.8) is 0 Å². The van der Waals surface area contributed by atoms with Gasteiger partial charge in [-0.25, -0.2) is 0 Å². The van der Waals surface area contributed by atoms with Gasteiger partial charge in [-0.2, -0.15) is 13.2 Å². The Labute approximate surface area is 170 Å². The summed E-state index contributed by atoms with van der Waals surface area (Å²) in [5, 5.41) is 0. The second-order valence-electron chi connectivity index (χ2n) is 8.23. The van der Waals surface area contributed by atoms with Gasteiger partial charge in [0.1, 0.15) is 0 Å². The summed E-state index contributed by atoms with van der Waals surface area (Å²) >= 11 is 0. The van der Waals surface area contributed by atoms with Crippen LogP contribution >= 0.6 is 0 Å². The molecular weight excluding hydrogens is 375 g/mol. The zero-order valence-corrected chi connectivity index (χ0v) is 16.7. The van der Waals surface area contributed by atoms with Crippen molar-refractivity contribution in [2.24, 2.45) is 5.92 Å². The van der Waals surface area contributed by atoms with Crippen molar-refractivity contribution in [2.45, 2.75) is 63.6 Å². The molecule has 2 aromatic rings. The molecule has 0 spiro atoms. The average molecular weight is 403 g/mol. The Morgan fingerprint density at radius 3 is 2.55 bits per heavy atom. The second-order valence-corrected chi connectivity index (χ2v) is 8.23. The molecule has 0 unspecified atom stereocenters. The van der Waals surface area contributed by atoms with Crippen molar-refractivity contribution in [1.82, 2.24) is 4.90 Å². The van der Waals surface area contributed by atoms with Crippen LogP contribution in [0.4, 0.5) is 13.2 Å². The standard InChI is InChI=1S/C24H28F3NO/c1-2-28(16-17-8-6-11-19(14-17)24(25,26)27)21-15-23(18-9-4-3-5-10-18)29-22-13-7-12-20(21)22/h3-6,8-11,14,20-23H,2,7,12-13,15-16H2,1H3/t20-,21+,22+,23+/m1/s1. The van der Waals surface area contributed by atoms with E-state index in [1.54, 1.807) is 6.07 Å². The topological polar surface area (TPSA) is 12.5 Å². The summed E-state index contributed by atoms with van der Waals surface area (Å²) in [7, 11) is 0. The van der Waals surface area contributed by atoms with Crippen molar-refractivity contribution in [1.29, 1.82) is 0 Å². The van der Waals surface area contributed by atoms with Gasteiger partial charge in [-0.3, -0.25) is 4.90 Å². The van der Waals surface area contributed by atoms with E-state index in [4.69, 9.17) is 4.74 Å². The summed E-state index contributed by atoms with van der Waals surface area (Å²) in [6.45, 7) is 3.45. The van der Waals surface area contributed by atoms with Gasteiger partial charge in [0.25, 0.3) is 0 Å². The number of nitrogens with zero attached hydrogens (tertiary/aromatic N) is 1. The van der Waals surface area contributed by atoms with Crippen LogP contribution in [0, 0.1) is 5.92 Å². The first-order valence-electron chi connectivity index (χ1n) is 10.6. The molecule has 4 rings (SSSR count). The van der Waals surface area contributed by atoms with Gasteiger partial charge < -0.3 is 4.74 Å². The van der Waals surface area contributed by atoms with E-state index in [2.05, 4.69) is 24.0 Å². The lowest BCUT2D eigenvalue weighted by Crippen LogP contribution is -2.48. The van der Waals surface area contributed by atoms with Gasteiger partial charge in [0, 0.05) is 18.5 Å². The Morgan fingerprint density at radius 1 is 1.03 bits per heavy atom. The zero-order valence-electron chi connectivity index (χ0n) is 16.7. The molecule has 0 amide bonds. The van der Waals surface area contributed by atoms with E-state index in [0.717, 1.165) is 43.9 Å². The minimum absolute atomic E-state index is 0.0520. The molecule has 0 aromatic heterocycles. The van der Waals surface area contributed by atoms with Crippen LogP contribution in [-0.4, -0.2) is 23.6 Å². The van der Waals surface area contributed by atoms with Crippen LogP contribution in [0.1, 0.15) is 55.4 Å². The highest BCUT2D eigenvalue weighted by atomic mass is 19.4. The molecule has 1 saturated heterocycles. The summed E-state index contributed by atoms with van der Waals surface area (Å²) in [5.41, 5.74) is 1.34. The summed E-state index contributed by atoms with van der Waals surface area (Å²) in [5.74, 6) is 0.459. The van der Waals surface area contributed by atoms with Gasteiger partial charge in [-0.15, -0.1) is 0 Å². The molecule has 29 heavy (non-hydrogen) atoms. The quantitative estimate of drug-likeness (QED) is 0.587. The van der Waals surface area contributed by atoms with Crippen LogP contribution in [-0.2, 0) is 17.5 Å². The first-order valence-corrected chi connectivity index (χ1v) is 10.6. The molecule has 2 aromatic carbocycles. The van der Waals surface area contributed by atoms with Crippen LogP contribution in [0.2, 0.25) is 0 Å². The predicted octanol–water partition coefficient (Wildman–Crippen LogP) is 6.23. The smallest absolute Gasteiger partial charge is 0.370 e. The lowest BCUT2D eigenvalue weighted by molar-refractivity contribution is -0.137. The summed E-state index contributed by atoms with van der Waals surface area (Å²) < 4.78 is 45.8. The highest BCUT2D eigenvalue weighted by Gasteiger charge is 2.43. The van der Waals surface area contributed by atoms with E-state index in [-0.39, 0.29) is 12.2 Å². The highest BCUT2D eigenvalue weighted by Crippen LogP contribution is 2.44. The molecule has 0 radical (unpaired) electrons. The highest BCUT2D eigenvalue weighted by molar-refractivity contribution is 5.26. The number of benzene rings is 2. The van der Waals surface area contributed by atoms with Gasteiger partial charge in [-0.1, -0.05) is 61.9 Å². The third-order valence-corrected chi connectivity index (χ3v) is 6.48.